The van der Waals surface area contributed by atoms with Crippen LogP contribution in [0.1, 0.15) is 114 Å². The molecule has 9 nitrogen and oxygen atoms in total. The van der Waals surface area contributed by atoms with Gasteiger partial charge in [-0.25, -0.2) is 0 Å². The molecule has 0 aromatic heterocycles. The smallest absolute Gasteiger partial charge is 0.169 e. The number of methoxy groups -OCH3 is 1. The average Bonchev–Trinajstić information content (AvgIpc) is 2.90. The van der Waals surface area contributed by atoms with Gasteiger partial charge < -0.3 is 30.7 Å². The van der Waals surface area contributed by atoms with E-state index in [4.69, 9.17) is 9.47 Å². The first-order chi connectivity index (χ1) is 19.5. The maximum atomic E-state index is 14.0. The fourth-order valence-corrected chi connectivity index (χ4v) is 5.03. The molecule has 0 bridgehead atoms. The number of nitrogens with one attached hydrogen (secondary N) is 5. The zero-order valence-corrected chi connectivity index (χ0v) is 29.5. The number of hydrogen-bond acceptors (Lipinski definition) is 9. The molecule has 9 heteroatoms. The highest BCUT2D eigenvalue weighted by Crippen LogP contribution is 2.21. The molecule has 0 spiro atoms. The third-order valence-corrected chi connectivity index (χ3v) is 8.23. The average molecular weight is 600 g/mol. The van der Waals surface area contributed by atoms with Crippen molar-refractivity contribution in [2.24, 2.45) is 0 Å². The summed E-state index contributed by atoms with van der Waals surface area (Å²) in [5.41, 5.74) is -2.15. The van der Waals surface area contributed by atoms with E-state index in [1.807, 2.05) is 48.7 Å². The van der Waals surface area contributed by atoms with Gasteiger partial charge in [0.15, 0.2) is 11.6 Å². The predicted octanol–water partition coefficient (Wildman–Crippen LogP) is 3.99. The van der Waals surface area contributed by atoms with E-state index < -0.39 is 17.1 Å². The van der Waals surface area contributed by atoms with E-state index in [0.717, 1.165) is 64.6 Å². The van der Waals surface area contributed by atoms with Gasteiger partial charge in [0.05, 0.1) is 41.0 Å². The standard InChI is InChI=1S/C33H69N5O4/c1-13-36-26(18-14-16-22-34-10)28(39)33(8,9)38-27(19-15-17-23-35-11)29(40)32(6,7)37-24-20-31(4,5)42-25-21-30(2,3)41-12/h26-27,34-38H,13-25H2,1-12H3. The van der Waals surface area contributed by atoms with E-state index in [2.05, 4.69) is 54.3 Å². The Morgan fingerprint density at radius 2 is 1.21 bits per heavy atom. The molecule has 0 saturated heterocycles. The van der Waals surface area contributed by atoms with Gasteiger partial charge in [-0.15, -0.1) is 0 Å². The van der Waals surface area contributed by atoms with Crippen molar-refractivity contribution in [1.82, 2.24) is 26.6 Å². The first-order valence-electron chi connectivity index (χ1n) is 16.3. The van der Waals surface area contributed by atoms with Crippen LogP contribution in [0.15, 0.2) is 0 Å². The zero-order chi connectivity index (χ0) is 32.5. The quantitative estimate of drug-likeness (QED) is 0.0895. The van der Waals surface area contributed by atoms with Crippen LogP contribution in [0, 0.1) is 0 Å². The molecule has 0 saturated carbocycles. The van der Waals surface area contributed by atoms with Crippen LogP contribution in [0.5, 0.6) is 0 Å². The lowest BCUT2D eigenvalue weighted by atomic mass is 9.85. The Bertz CT molecular complexity index is 755. The van der Waals surface area contributed by atoms with Crippen molar-refractivity contribution in [2.45, 2.75) is 148 Å². The van der Waals surface area contributed by atoms with Gasteiger partial charge in [-0.1, -0.05) is 19.8 Å². The SMILES string of the molecule is CCNC(CCCCNC)C(=O)C(C)(C)NC(CCCCNC)C(=O)C(C)(C)NCCC(C)(C)OCCC(C)(C)OC. The Kier molecular flexibility index (Phi) is 19.7. The Balaban J connectivity index is 5.46. The van der Waals surface area contributed by atoms with Crippen molar-refractivity contribution in [1.29, 1.82) is 0 Å². The summed E-state index contributed by atoms with van der Waals surface area (Å²) in [7, 11) is 5.61. The van der Waals surface area contributed by atoms with Crippen LogP contribution < -0.4 is 26.6 Å². The van der Waals surface area contributed by atoms with E-state index >= 15 is 0 Å². The van der Waals surface area contributed by atoms with Gasteiger partial charge in [-0.05, 0) is 134 Å². The fourth-order valence-electron chi connectivity index (χ4n) is 5.03. The molecule has 0 aromatic rings. The Hall–Kier alpha value is -0.940. The molecule has 0 aromatic carbocycles. The lowest BCUT2D eigenvalue weighted by Crippen LogP contribution is -2.63. The number of ketones is 2. The van der Waals surface area contributed by atoms with Crippen molar-refractivity contribution in [3.8, 4) is 0 Å². The molecule has 0 fully saturated rings. The minimum atomic E-state index is -0.846. The lowest BCUT2D eigenvalue weighted by molar-refractivity contribution is -0.130. The van der Waals surface area contributed by atoms with E-state index in [1.54, 1.807) is 7.11 Å². The molecule has 0 rings (SSSR count). The Labute approximate surface area is 259 Å². The van der Waals surface area contributed by atoms with Gasteiger partial charge in [0.1, 0.15) is 0 Å². The van der Waals surface area contributed by atoms with Crippen LogP contribution in [0.4, 0.5) is 0 Å². The molecule has 5 N–H and O–H groups in total. The summed E-state index contributed by atoms with van der Waals surface area (Å²) in [5.74, 6) is 0.200. The van der Waals surface area contributed by atoms with Gasteiger partial charge >= 0.3 is 0 Å². The molecule has 0 radical (unpaired) electrons. The second-order valence-electron chi connectivity index (χ2n) is 14.0. The topological polar surface area (TPSA) is 113 Å². The molecule has 0 aliphatic rings. The summed E-state index contributed by atoms with van der Waals surface area (Å²) in [5, 5.41) is 16.8. The monoisotopic (exact) mass is 600 g/mol. The van der Waals surface area contributed by atoms with Gasteiger partial charge in [0.25, 0.3) is 0 Å². The minimum absolute atomic E-state index is 0.0856. The number of Topliss-reactive ketones (excluding diaryl/α,β-unsaturated/α-hetero) is 2. The van der Waals surface area contributed by atoms with Crippen LogP contribution in [-0.2, 0) is 19.1 Å². The van der Waals surface area contributed by atoms with Crippen LogP contribution in [-0.4, -0.2) is 99.9 Å². The summed E-state index contributed by atoms with van der Waals surface area (Å²) in [6.45, 7) is 21.9. The molecule has 0 aliphatic heterocycles. The molecule has 2 atom stereocenters. The van der Waals surface area contributed by atoms with Gasteiger partial charge in [-0.2, -0.15) is 0 Å². The normalized spacial score (nSPS) is 14.7. The highest BCUT2D eigenvalue weighted by atomic mass is 16.5. The van der Waals surface area contributed by atoms with Crippen molar-refractivity contribution >= 4 is 11.6 Å². The number of carbonyl (C=O) groups is 2. The van der Waals surface area contributed by atoms with Crippen molar-refractivity contribution in [2.75, 3.05) is 54.0 Å². The summed E-state index contributed by atoms with van der Waals surface area (Å²) in [6.07, 6.45) is 6.90. The molecular formula is C33H69N5O4. The van der Waals surface area contributed by atoms with Gasteiger partial charge in [-0.3, -0.25) is 14.9 Å². The second kappa shape index (κ2) is 20.2. The largest absolute Gasteiger partial charge is 0.379 e. The molecular weight excluding hydrogens is 530 g/mol. The van der Waals surface area contributed by atoms with E-state index in [1.165, 1.54) is 0 Å². The third kappa shape index (κ3) is 16.8. The van der Waals surface area contributed by atoms with Crippen molar-refractivity contribution < 1.29 is 19.1 Å². The number of rotatable bonds is 27. The first-order valence-corrected chi connectivity index (χ1v) is 16.3. The van der Waals surface area contributed by atoms with Crippen molar-refractivity contribution in [3.63, 3.8) is 0 Å². The van der Waals surface area contributed by atoms with Crippen LogP contribution >= 0.6 is 0 Å². The molecule has 0 amide bonds. The molecule has 42 heavy (non-hydrogen) atoms. The first kappa shape index (κ1) is 41.1. The molecule has 0 heterocycles. The van der Waals surface area contributed by atoms with E-state index in [-0.39, 0.29) is 28.8 Å². The molecule has 250 valence electrons. The maximum absolute atomic E-state index is 14.0. The maximum Gasteiger partial charge on any atom is 0.169 e. The van der Waals surface area contributed by atoms with Crippen molar-refractivity contribution in [3.05, 3.63) is 0 Å². The minimum Gasteiger partial charge on any atom is -0.379 e. The number of likely N-dealkylation sites (N-methyl/N-ethyl adjacent to an activating group) is 1. The molecule has 0 aliphatic carbocycles. The third-order valence-electron chi connectivity index (χ3n) is 8.23. The number of unbranched alkanes of at least 4 members (excludes halogenated alkanes) is 2. The van der Waals surface area contributed by atoms with Gasteiger partial charge in [0, 0.05) is 7.11 Å². The summed E-state index contributed by atoms with van der Waals surface area (Å²) in [6, 6.07) is -0.673. The van der Waals surface area contributed by atoms with Crippen LogP contribution in [0.25, 0.3) is 0 Å². The highest BCUT2D eigenvalue weighted by molar-refractivity contribution is 5.95. The number of ether oxygens (including phenoxy) is 2. The van der Waals surface area contributed by atoms with E-state index in [0.29, 0.717) is 19.6 Å². The Morgan fingerprint density at radius 3 is 1.71 bits per heavy atom. The van der Waals surface area contributed by atoms with Crippen LogP contribution in [0.2, 0.25) is 0 Å². The predicted molar refractivity (Wildman–Crippen MR) is 176 cm³/mol. The fraction of sp³-hybridized carbons (Fsp3) is 0.939. The number of hydrogen-bond donors (Lipinski definition) is 5. The summed E-state index contributed by atoms with van der Waals surface area (Å²) in [4.78, 5) is 27.8. The summed E-state index contributed by atoms with van der Waals surface area (Å²) >= 11 is 0. The van der Waals surface area contributed by atoms with E-state index in [9.17, 15) is 9.59 Å². The van der Waals surface area contributed by atoms with Crippen LogP contribution in [0.3, 0.4) is 0 Å². The summed E-state index contributed by atoms with van der Waals surface area (Å²) < 4.78 is 11.7. The highest BCUT2D eigenvalue weighted by Gasteiger charge is 2.40. The zero-order valence-electron chi connectivity index (χ0n) is 29.5. The second-order valence-corrected chi connectivity index (χ2v) is 14.0. The lowest BCUT2D eigenvalue weighted by Gasteiger charge is -2.37. The molecule has 2 unspecified atom stereocenters. The van der Waals surface area contributed by atoms with Gasteiger partial charge in [0.2, 0.25) is 0 Å². The Morgan fingerprint density at radius 1 is 0.690 bits per heavy atom. The number of carbonyl (C=O) groups excluding carboxylic acids is 2.